The summed E-state index contributed by atoms with van der Waals surface area (Å²) in [6, 6.07) is 7.64. The minimum Gasteiger partial charge on any atom is -0.392 e. The minimum absolute atomic E-state index is 0.0485. The molecule has 17 heavy (non-hydrogen) atoms. The molecule has 1 heterocycles. The molecule has 1 unspecified atom stereocenters. The Morgan fingerprint density at radius 3 is 2.71 bits per heavy atom. The van der Waals surface area contributed by atoms with Crippen LogP contribution in [0, 0.1) is 0 Å². The van der Waals surface area contributed by atoms with Crippen LogP contribution in [-0.4, -0.2) is 36.2 Å². The highest BCUT2D eigenvalue weighted by molar-refractivity contribution is 7.80. The number of rotatable bonds is 3. The Morgan fingerprint density at radius 1 is 1.41 bits per heavy atom. The molecule has 1 aromatic carbocycles. The fourth-order valence-electron chi connectivity index (χ4n) is 2.07. The lowest BCUT2D eigenvalue weighted by Crippen LogP contribution is -2.43. The molecule has 0 amide bonds. The molecule has 2 rings (SSSR count). The first-order chi connectivity index (χ1) is 8.18. The fourth-order valence-corrected chi connectivity index (χ4v) is 2.55. The van der Waals surface area contributed by atoms with Gasteiger partial charge in [0.05, 0.1) is 24.2 Å². The highest BCUT2D eigenvalue weighted by atomic mass is 35.5. The minimum atomic E-state index is -0.0485. The van der Waals surface area contributed by atoms with Crippen LogP contribution in [0.2, 0.25) is 5.02 Å². The summed E-state index contributed by atoms with van der Waals surface area (Å²) in [6.07, 6.45) is 0. The molecule has 1 atom stereocenters. The van der Waals surface area contributed by atoms with Crippen LogP contribution in [0.5, 0.6) is 0 Å². The Bertz CT molecular complexity index is 407. The molecule has 0 aliphatic carbocycles. The summed E-state index contributed by atoms with van der Waals surface area (Å²) < 4.78 is 5.34. The molecule has 0 spiro atoms. The van der Waals surface area contributed by atoms with Gasteiger partial charge in [0.2, 0.25) is 0 Å². The normalized spacial score (nSPS) is 18.9. The maximum atomic E-state index is 6.01. The maximum absolute atomic E-state index is 6.01. The molecule has 0 aromatic heterocycles. The van der Waals surface area contributed by atoms with Gasteiger partial charge in [-0.15, -0.1) is 0 Å². The van der Waals surface area contributed by atoms with Gasteiger partial charge in [-0.2, -0.15) is 0 Å². The summed E-state index contributed by atoms with van der Waals surface area (Å²) in [5.41, 5.74) is 6.90. The Hall–Kier alpha value is -0.680. The van der Waals surface area contributed by atoms with Crippen molar-refractivity contribution in [2.24, 2.45) is 5.73 Å². The second kappa shape index (κ2) is 5.78. The summed E-state index contributed by atoms with van der Waals surface area (Å²) >= 11 is 11.2. The first-order valence-corrected chi connectivity index (χ1v) is 6.33. The van der Waals surface area contributed by atoms with E-state index in [1.54, 1.807) is 0 Å². The van der Waals surface area contributed by atoms with Crippen molar-refractivity contribution in [2.75, 3.05) is 26.3 Å². The quantitative estimate of drug-likeness (QED) is 0.853. The Morgan fingerprint density at radius 2 is 2.12 bits per heavy atom. The molecule has 1 saturated heterocycles. The van der Waals surface area contributed by atoms with Crippen molar-refractivity contribution < 1.29 is 4.74 Å². The molecule has 0 saturated carbocycles. The standard InChI is InChI=1S/C12H15ClN2OS/c13-10-3-1-2-9(8-10)11(12(14)17)15-4-6-16-7-5-15/h1-3,8,11H,4-7H2,(H2,14,17). The van der Waals surface area contributed by atoms with Gasteiger partial charge in [-0.05, 0) is 17.7 Å². The van der Waals surface area contributed by atoms with E-state index < -0.39 is 0 Å². The SMILES string of the molecule is NC(=S)C(c1cccc(Cl)c1)N1CCOCC1. The molecular formula is C12H15ClN2OS. The lowest BCUT2D eigenvalue weighted by Gasteiger charge is -2.34. The van der Waals surface area contributed by atoms with Crippen LogP contribution >= 0.6 is 23.8 Å². The van der Waals surface area contributed by atoms with Crippen LogP contribution < -0.4 is 5.73 Å². The van der Waals surface area contributed by atoms with E-state index in [0.29, 0.717) is 10.0 Å². The lowest BCUT2D eigenvalue weighted by atomic mass is 10.0. The predicted octanol–water partition coefficient (Wildman–Crippen LogP) is 2.00. The third-order valence-corrected chi connectivity index (χ3v) is 3.30. The van der Waals surface area contributed by atoms with Crippen molar-refractivity contribution >= 4 is 28.8 Å². The second-order valence-electron chi connectivity index (χ2n) is 4.01. The second-order valence-corrected chi connectivity index (χ2v) is 4.92. The van der Waals surface area contributed by atoms with E-state index >= 15 is 0 Å². The number of morpholine rings is 1. The molecule has 2 N–H and O–H groups in total. The molecule has 1 fully saturated rings. The van der Waals surface area contributed by atoms with Crippen LogP contribution in [0.4, 0.5) is 0 Å². The average Bonchev–Trinajstić information content (AvgIpc) is 2.30. The number of hydrogen-bond acceptors (Lipinski definition) is 3. The third kappa shape index (κ3) is 3.16. The summed E-state index contributed by atoms with van der Waals surface area (Å²) in [5, 5.41) is 0.706. The van der Waals surface area contributed by atoms with Crippen LogP contribution in [0.25, 0.3) is 0 Å². The first-order valence-electron chi connectivity index (χ1n) is 5.55. The Labute approximate surface area is 111 Å². The van der Waals surface area contributed by atoms with Gasteiger partial charge in [-0.1, -0.05) is 36.0 Å². The van der Waals surface area contributed by atoms with E-state index in [1.807, 2.05) is 24.3 Å². The Balaban J connectivity index is 2.25. The van der Waals surface area contributed by atoms with Gasteiger partial charge in [0.25, 0.3) is 0 Å². The summed E-state index contributed by atoms with van der Waals surface area (Å²) in [5.74, 6) is 0. The molecule has 1 aromatic rings. The predicted molar refractivity (Wildman–Crippen MR) is 73.4 cm³/mol. The van der Waals surface area contributed by atoms with Gasteiger partial charge in [0.1, 0.15) is 0 Å². The van der Waals surface area contributed by atoms with E-state index in [2.05, 4.69) is 4.90 Å². The van der Waals surface area contributed by atoms with Gasteiger partial charge in [0, 0.05) is 18.1 Å². The fraction of sp³-hybridized carbons (Fsp3) is 0.417. The molecule has 3 nitrogen and oxygen atoms in total. The van der Waals surface area contributed by atoms with Gasteiger partial charge in [0.15, 0.2) is 0 Å². The van der Waals surface area contributed by atoms with E-state index in [9.17, 15) is 0 Å². The van der Waals surface area contributed by atoms with E-state index in [0.717, 1.165) is 31.9 Å². The number of nitrogens with zero attached hydrogens (tertiary/aromatic N) is 1. The van der Waals surface area contributed by atoms with Gasteiger partial charge >= 0.3 is 0 Å². The molecule has 92 valence electrons. The van der Waals surface area contributed by atoms with Gasteiger partial charge < -0.3 is 10.5 Å². The van der Waals surface area contributed by atoms with E-state index in [4.69, 9.17) is 34.3 Å². The van der Waals surface area contributed by atoms with Crippen molar-refractivity contribution in [1.82, 2.24) is 4.90 Å². The van der Waals surface area contributed by atoms with Crippen molar-refractivity contribution in [3.63, 3.8) is 0 Å². The smallest absolute Gasteiger partial charge is 0.0948 e. The summed E-state index contributed by atoms with van der Waals surface area (Å²) in [7, 11) is 0. The largest absolute Gasteiger partial charge is 0.392 e. The zero-order valence-electron chi connectivity index (χ0n) is 9.43. The van der Waals surface area contributed by atoms with Crippen molar-refractivity contribution in [3.8, 4) is 0 Å². The van der Waals surface area contributed by atoms with Gasteiger partial charge in [-0.25, -0.2) is 0 Å². The zero-order chi connectivity index (χ0) is 12.3. The lowest BCUT2D eigenvalue weighted by molar-refractivity contribution is 0.0289. The number of benzene rings is 1. The molecule has 0 radical (unpaired) electrons. The van der Waals surface area contributed by atoms with Crippen molar-refractivity contribution in [1.29, 1.82) is 0 Å². The third-order valence-electron chi connectivity index (χ3n) is 2.84. The van der Waals surface area contributed by atoms with Crippen molar-refractivity contribution in [3.05, 3.63) is 34.9 Å². The highest BCUT2D eigenvalue weighted by Crippen LogP contribution is 2.24. The zero-order valence-corrected chi connectivity index (χ0v) is 11.0. The number of ether oxygens (including phenoxy) is 1. The first kappa shape index (κ1) is 12.8. The topological polar surface area (TPSA) is 38.5 Å². The molecule has 0 bridgehead atoms. The number of nitrogens with two attached hydrogens (primary N) is 1. The molecule has 5 heteroatoms. The highest BCUT2D eigenvalue weighted by Gasteiger charge is 2.24. The average molecular weight is 271 g/mol. The van der Waals surface area contributed by atoms with Crippen molar-refractivity contribution in [2.45, 2.75) is 6.04 Å². The Kier molecular flexibility index (Phi) is 4.34. The van der Waals surface area contributed by atoms with Crippen LogP contribution in [0.1, 0.15) is 11.6 Å². The summed E-state index contributed by atoms with van der Waals surface area (Å²) in [4.78, 5) is 2.71. The van der Waals surface area contributed by atoms with Crippen LogP contribution in [-0.2, 0) is 4.74 Å². The van der Waals surface area contributed by atoms with Crippen LogP contribution in [0.15, 0.2) is 24.3 Å². The molecular weight excluding hydrogens is 256 g/mol. The number of hydrogen-bond donors (Lipinski definition) is 1. The number of halogens is 1. The summed E-state index contributed by atoms with van der Waals surface area (Å²) in [6.45, 7) is 3.13. The van der Waals surface area contributed by atoms with Crippen LogP contribution in [0.3, 0.4) is 0 Å². The maximum Gasteiger partial charge on any atom is 0.0948 e. The number of thiocarbonyl (C=S) groups is 1. The van der Waals surface area contributed by atoms with E-state index in [-0.39, 0.29) is 6.04 Å². The monoisotopic (exact) mass is 270 g/mol. The van der Waals surface area contributed by atoms with Gasteiger partial charge in [-0.3, -0.25) is 4.90 Å². The molecule has 1 aliphatic heterocycles. The van der Waals surface area contributed by atoms with E-state index in [1.165, 1.54) is 0 Å². The molecule has 1 aliphatic rings.